The van der Waals surface area contributed by atoms with Gasteiger partial charge >= 0.3 is 0 Å². The van der Waals surface area contributed by atoms with Gasteiger partial charge in [-0.05, 0) is 35.1 Å². The predicted octanol–water partition coefficient (Wildman–Crippen LogP) is 0.947. The van der Waals surface area contributed by atoms with Crippen LogP contribution in [0.1, 0.15) is 0 Å². The first-order valence-electron chi connectivity index (χ1n) is 4.47. The normalized spacial score (nSPS) is 11.6. The molecule has 0 aliphatic heterocycles. The van der Waals surface area contributed by atoms with Crippen LogP contribution >= 0.6 is 15.9 Å². The molecule has 2 N–H and O–H groups in total. The average Bonchev–Trinajstić information content (AvgIpc) is 2.18. The van der Waals surface area contributed by atoms with Gasteiger partial charge in [-0.15, -0.1) is 0 Å². The minimum absolute atomic E-state index is 0.265. The van der Waals surface area contributed by atoms with E-state index in [1.165, 1.54) is 0 Å². The van der Waals surface area contributed by atoms with Crippen LogP contribution in [0.2, 0.25) is 0 Å². The van der Waals surface area contributed by atoms with E-state index in [9.17, 15) is 8.42 Å². The first-order valence-corrected chi connectivity index (χ1v) is 6.74. The van der Waals surface area contributed by atoms with Gasteiger partial charge < -0.3 is 5.32 Å². The van der Waals surface area contributed by atoms with Crippen LogP contribution in [0.5, 0.6) is 0 Å². The molecule has 0 fully saturated rings. The third-order valence-corrected chi connectivity index (χ3v) is 4.27. The fourth-order valence-electron chi connectivity index (χ4n) is 1.05. The summed E-state index contributed by atoms with van der Waals surface area (Å²) in [4.78, 5) is 0.265. The number of hydrogen-bond donors (Lipinski definition) is 2. The molecule has 84 valence electrons. The Bertz CT molecular complexity index is 420. The summed E-state index contributed by atoms with van der Waals surface area (Å²) in [6.45, 7) is 0.976. The topological polar surface area (TPSA) is 58.2 Å². The second-order valence-corrected chi connectivity index (χ2v) is 5.52. The molecule has 0 atom stereocenters. The molecule has 0 bridgehead atoms. The smallest absolute Gasteiger partial charge is 0.241 e. The van der Waals surface area contributed by atoms with Crippen molar-refractivity contribution in [2.75, 3.05) is 20.1 Å². The summed E-state index contributed by atoms with van der Waals surface area (Å²) < 4.78 is 26.6. The lowest BCUT2D eigenvalue weighted by Crippen LogP contribution is -2.30. The maximum absolute atomic E-state index is 11.8. The summed E-state index contributed by atoms with van der Waals surface area (Å²) in [5, 5.41) is 2.87. The predicted molar refractivity (Wildman–Crippen MR) is 63.3 cm³/mol. The lowest BCUT2D eigenvalue weighted by atomic mass is 10.4. The van der Waals surface area contributed by atoms with E-state index in [0.29, 0.717) is 17.6 Å². The zero-order valence-corrected chi connectivity index (χ0v) is 10.7. The third-order valence-electron chi connectivity index (χ3n) is 1.79. The van der Waals surface area contributed by atoms with E-state index < -0.39 is 10.0 Å². The van der Waals surface area contributed by atoms with Gasteiger partial charge in [0.2, 0.25) is 10.0 Å². The van der Waals surface area contributed by atoms with Gasteiger partial charge in [0.25, 0.3) is 0 Å². The Morgan fingerprint density at radius 1 is 1.27 bits per heavy atom. The highest BCUT2D eigenvalue weighted by Crippen LogP contribution is 2.20. The first kappa shape index (κ1) is 12.6. The number of benzene rings is 1. The Kier molecular flexibility index (Phi) is 4.72. The molecule has 15 heavy (non-hydrogen) atoms. The molecule has 1 rings (SSSR count). The molecule has 0 saturated heterocycles. The molecule has 0 spiro atoms. The summed E-state index contributed by atoms with van der Waals surface area (Å²) in [5.74, 6) is 0. The fourth-order valence-corrected chi connectivity index (χ4v) is 3.08. The summed E-state index contributed by atoms with van der Waals surface area (Å²) in [6.07, 6.45) is 0. The van der Waals surface area contributed by atoms with E-state index in [2.05, 4.69) is 26.0 Å². The van der Waals surface area contributed by atoms with Crippen LogP contribution in [0.4, 0.5) is 0 Å². The number of likely N-dealkylation sites (N-methyl/N-ethyl adjacent to an activating group) is 1. The summed E-state index contributed by atoms with van der Waals surface area (Å²) in [7, 11) is -1.63. The van der Waals surface area contributed by atoms with Crippen LogP contribution in [0.25, 0.3) is 0 Å². The Morgan fingerprint density at radius 2 is 1.93 bits per heavy atom. The third kappa shape index (κ3) is 3.57. The van der Waals surface area contributed by atoms with E-state index in [-0.39, 0.29) is 4.90 Å². The number of sulfonamides is 1. The lowest BCUT2D eigenvalue weighted by molar-refractivity contribution is 0.579. The van der Waals surface area contributed by atoms with E-state index in [1.54, 1.807) is 31.3 Å². The van der Waals surface area contributed by atoms with Crippen molar-refractivity contribution >= 4 is 26.0 Å². The monoisotopic (exact) mass is 292 g/mol. The van der Waals surface area contributed by atoms with Crippen molar-refractivity contribution in [1.29, 1.82) is 0 Å². The fraction of sp³-hybridized carbons (Fsp3) is 0.333. The standard InChI is InChI=1S/C9H13BrN2O2S/c1-11-6-7-12-15(13,14)9-5-3-2-4-8(9)10/h2-5,11-12H,6-7H2,1H3. The minimum atomic E-state index is -3.40. The average molecular weight is 293 g/mol. The second kappa shape index (κ2) is 5.60. The van der Waals surface area contributed by atoms with Crippen molar-refractivity contribution in [3.63, 3.8) is 0 Å². The first-order chi connectivity index (χ1) is 7.08. The van der Waals surface area contributed by atoms with Crippen LogP contribution in [-0.2, 0) is 10.0 Å². The SMILES string of the molecule is CNCCNS(=O)(=O)c1ccccc1Br. The molecule has 1 aromatic rings. The number of nitrogens with one attached hydrogen (secondary N) is 2. The highest BCUT2D eigenvalue weighted by Gasteiger charge is 2.15. The van der Waals surface area contributed by atoms with Gasteiger partial charge in [0.05, 0.1) is 4.90 Å². The van der Waals surface area contributed by atoms with Gasteiger partial charge in [-0.2, -0.15) is 0 Å². The second-order valence-electron chi connectivity index (χ2n) is 2.93. The van der Waals surface area contributed by atoms with Gasteiger partial charge in [0.1, 0.15) is 0 Å². The Labute approximate surface area is 98.3 Å². The van der Waals surface area contributed by atoms with Gasteiger partial charge in [-0.3, -0.25) is 0 Å². The highest BCUT2D eigenvalue weighted by molar-refractivity contribution is 9.10. The van der Waals surface area contributed by atoms with Gasteiger partial charge in [-0.1, -0.05) is 12.1 Å². The van der Waals surface area contributed by atoms with Gasteiger partial charge in [-0.25, -0.2) is 13.1 Å². The highest BCUT2D eigenvalue weighted by atomic mass is 79.9. The molecule has 0 aliphatic carbocycles. The number of halogens is 1. The molecule has 4 nitrogen and oxygen atoms in total. The maximum atomic E-state index is 11.8. The molecule has 0 radical (unpaired) electrons. The zero-order valence-electron chi connectivity index (χ0n) is 8.33. The number of hydrogen-bond acceptors (Lipinski definition) is 3. The van der Waals surface area contributed by atoms with Crippen LogP contribution in [0.3, 0.4) is 0 Å². The summed E-state index contributed by atoms with van der Waals surface area (Å²) >= 11 is 3.21. The van der Waals surface area contributed by atoms with Gasteiger partial charge in [0, 0.05) is 17.6 Å². The quantitative estimate of drug-likeness (QED) is 0.795. The zero-order chi connectivity index (χ0) is 11.3. The molecule has 0 aromatic heterocycles. The van der Waals surface area contributed by atoms with Crippen molar-refractivity contribution in [2.45, 2.75) is 4.90 Å². The Balaban J connectivity index is 2.83. The van der Waals surface area contributed by atoms with E-state index in [4.69, 9.17) is 0 Å². The van der Waals surface area contributed by atoms with Crippen LogP contribution < -0.4 is 10.0 Å². The minimum Gasteiger partial charge on any atom is -0.318 e. The summed E-state index contributed by atoms with van der Waals surface area (Å²) in [5.41, 5.74) is 0. The Hall–Kier alpha value is -0.430. The summed E-state index contributed by atoms with van der Waals surface area (Å²) in [6, 6.07) is 6.73. The molecule has 0 saturated carbocycles. The lowest BCUT2D eigenvalue weighted by Gasteiger charge is -2.07. The molecular weight excluding hydrogens is 280 g/mol. The van der Waals surface area contributed by atoms with Crippen molar-refractivity contribution in [3.05, 3.63) is 28.7 Å². The molecule has 0 amide bonds. The van der Waals surface area contributed by atoms with E-state index in [1.807, 2.05) is 0 Å². The van der Waals surface area contributed by atoms with Crippen molar-refractivity contribution in [1.82, 2.24) is 10.0 Å². The molecule has 0 heterocycles. The Morgan fingerprint density at radius 3 is 2.53 bits per heavy atom. The van der Waals surface area contributed by atoms with Crippen LogP contribution in [0, 0.1) is 0 Å². The largest absolute Gasteiger partial charge is 0.318 e. The molecule has 0 unspecified atom stereocenters. The van der Waals surface area contributed by atoms with Crippen LogP contribution in [-0.4, -0.2) is 28.6 Å². The van der Waals surface area contributed by atoms with Crippen molar-refractivity contribution in [3.8, 4) is 0 Å². The maximum Gasteiger partial charge on any atom is 0.241 e. The van der Waals surface area contributed by atoms with Crippen LogP contribution in [0.15, 0.2) is 33.6 Å². The number of rotatable bonds is 5. The van der Waals surface area contributed by atoms with Crippen molar-refractivity contribution in [2.24, 2.45) is 0 Å². The molecular formula is C9H13BrN2O2S. The van der Waals surface area contributed by atoms with E-state index >= 15 is 0 Å². The molecule has 1 aromatic carbocycles. The molecule has 6 heteroatoms. The van der Waals surface area contributed by atoms with Gasteiger partial charge in [0.15, 0.2) is 0 Å². The van der Waals surface area contributed by atoms with Crippen molar-refractivity contribution < 1.29 is 8.42 Å². The molecule has 0 aliphatic rings. The van der Waals surface area contributed by atoms with E-state index in [0.717, 1.165) is 0 Å².